The first-order chi connectivity index (χ1) is 8.68. The topological polar surface area (TPSA) is 59.4 Å². The number of aryl methyl sites for hydroxylation is 1. The van der Waals surface area contributed by atoms with Crippen molar-refractivity contribution in [3.05, 3.63) is 17.5 Å². The quantitative estimate of drug-likeness (QED) is 0.488. The summed E-state index contributed by atoms with van der Waals surface area (Å²) in [6.45, 7) is 4.77. The van der Waals surface area contributed by atoms with Gasteiger partial charge in [0.05, 0.1) is 12.7 Å². The molecule has 0 radical (unpaired) electrons. The van der Waals surface area contributed by atoms with Crippen molar-refractivity contribution in [1.29, 1.82) is 0 Å². The van der Waals surface area contributed by atoms with Crippen LogP contribution in [0.3, 0.4) is 0 Å². The Bertz CT molecular complexity index is 419. The first-order valence-electron chi connectivity index (χ1n) is 6.71. The molecule has 0 saturated carbocycles. The molecule has 5 nitrogen and oxygen atoms in total. The molecule has 1 aromatic heterocycles. The molecule has 1 fully saturated rings. The zero-order valence-corrected chi connectivity index (χ0v) is 14.1. The van der Waals surface area contributed by atoms with Gasteiger partial charge in [0.15, 0.2) is 5.96 Å². The molecule has 1 aliphatic rings. The number of halogens is 1. The Morgan fingerprint density at radius 2 is 1.95 bits per heavy atom. The first kappa shape index (κ1) is 16.3. The standard InChI is InChI=1S/C13H23N5.HI/c1-11-12(10-16-17(11)2)9-15-13(14)18-7-5-3-4-6-8-18;/h10H,3-9H2,1-2H3,(H2,14,15);1H. The number of hydrogen-bond donors (Lipinski definition) is 1. The van der Waals surface area contributed by atoms with Gasteiger partial charge in [-0.1, -0.05) is 12.8 Å². The van der Waals surface area contributed by atoms with Crippen molar-refractivity contribution in [2.24, 2.45) is 17.8 Å². The third-order valence-corrected chi connectivity index (χ3v) is 3.68. The summed E-state index contributed by atoms with van der Waals surface area (Å²) in [5.74, 6) is 0.681. The maximum absolute atomic E-state index is 6.07. The number of likely N-dealkylation sites (tertiary alicyclic amines) is 1. The highest BCUT2D eigenvalue weighted by molar-refractivity contribution is 14.0. The van der Waals surface area contributed by atoms with Crippen LogP contribution in [0.25, 0.3) is 0 Å². The average Bonchev–Trinajstić information content (AvgIpc) is 2.63. The maximum atomic E-state index is 6.07. The van der Waals surface area contributed by atoms with Gasteiger partial charge in [0, 0.05) is 31.4 Å². The number of nitrogens with two attached hydrogens (primary N) is 1. The monoisotopic (exact) mass is 377 g/mol. The molecule has 0 aromatic carbocycles. The smallest absolute Gasteiger partial charge is 0.191 e. The fraction of sp³-hybridized carbons (Fsp3) is 0.692. The van der Waals surface area contributed by atoms with Gasteiger partial charge in [-0.15, -0.1) is 24.0 Å². The number of hydrogen-bond acceptors (Lipinski definition) is 2. The van der Waals surface area contributed by atoms with Gasteiger partial charge in [0.1, 0.15) is 0 Å². The largest absolute Gasteiger partial charge is 0.370 e. The van der Waals surface area contributed by atoms with E-state index in [-0.39, 0.29) is 24.0 Å². The van der Waals surface area contributed by atoms with E-state index in [0.717, 1.165) is 24.3 Å². The highest BCUT2D eigenvalue weighted by Gasteiger charge is 2.11. The lowest BCUT2D eigenvalue weighted by Crippen LogP contribution is -2.38. The van der Waals surface area contributed by atoms with Crippen molar-refractivity contribution in [3.63, 3.8) is 0 Å². The van der Waals surface area contributed by atoms with Crippen molar-refractivity contribution in [1.82, 2.24) is 14.7 Å². The fourth-order valence-electron chi connectivity index (χ4n) is 2.27. The van der Waals surface area contributed by atoms with E-state index in [4.69, 9.17) is 5.73 Å². The van der Waals surface area contributed by atoms with Crippen LogP contribution in [0.4, 0.5) is 0 Å². The summed E-state index contributed by atoms with van der Waals surface area (Å²) in [5.41, 5.74) is 8.37. The van der Waals surface area contributed by atoms with Crippen LogP contribution in [0.15, 0.2) is 11.2 Å². The van der Waals surface area contributed by atoms with E-state index in [0.29, 0.717) is 12.5 Å². The van der Waals surface area contributed by atoms with Crippen LogP contribution in [-0.4, -0.2) is 33.7 Å². The predicted octanol–water partition coefficient (Wildman–Crippen LogP) is 2.04. The second-order valence-electron chi connectivity index (χ2n) is 4.95. The molecular weight excluding hydrogens is 353 g/mol. The van der Waals surface area contributed by atoms with Crippen molar-refractivity contribution in [2.75, 3.05) is 13.1 Å². The van der Waals surface area contributed by atoms with E-state index in [1.807, 2.05) is 17.9 Å². The van der Waals surface area contributed by atoms with Crippen molar-refractivity contribution < 1.29 is 0 Å². The van der Waals surface area contributed by atoms with Gasteiger partial charge >= 0.3 is 0 Å². The molecule has 0 amide bonds. The highest BCUT2D eigenvalue weighted by atomic mass is 127. The number of aromatic nitrogens is 2. The van der Waals surface area contributed by atoms with Crippen molar-refractivity contribution in [2.45, 2.75) is 39.2 Å². The zero-order valence-electron chi connectivity index (χ0n) is 11.8. The summed E-state index contributed by atoms with van der Waals surface area (Å²) in [5, 5.41) is 4.21. The van der Waals surface area contributed by atoms with E-state index in [1.165, 1.54) is 25.7 Å². The minimum absolute atomic E-state index is 0. The molecule has 0 atom stereocenters. The highest BCUT2D eigenvalue weighted by Crippen LogP contribution is 2.10. The first-order valence-corrected chi connectivity index (χ1v) is 6.71. The van der Waals surface area contributed by atoms with E-state index in [9.17, 15) is 0 Å². The average molecular weight is 377 g/mol. The molecule has 0 unspecified atom stereocenters. The Labute approximate surface area is 132 Å². The van der Waals surface area contributed by atoms with Gasteiger partial charge in [-0.2, -0.15) is 5.10 Å². The zero-order chi connectivity index (χ0) is 13.0. The van der Waals surface area contributed by atoms with Crippen LogP contribution in [0.1, 0.15) is 36.9 Å². The molecule has 0 aliphatic carbocycles. The lowest BCUT2D eigenvalue weighted by Gasteiger charge is -2.21. The summed E-state index contributed by atoms with van der Waals surface area (Å²) in [7, 11) is 1.95. The van der Waals surface area contributed by atoms with Gasteiger partial charge < -0.3 is 10.6 Å². The molecule has 6 heteroatoms. The van der Waals surface area contributed by atoms with Crippen LogP contribution in [-0.2, 0) is 13.6 Å². The Kier molecular flexibility index (Phi) is 6.60. The van der Waals surface area contributed by atoms with Crippen molar-refractivity contribution >= 4 is 29.9 Å². The molecule has 108 valence electrons. The molecule has 0 spiro atoms. The summed E-state index contributed by atoms with van der Waals surface area (Å²) >= 11 is 0. The van der Waals surface area contributed by atoms with E-state index >= 15 is 0 Å². The van der Waals surface area contributed by atoms with E-state index in [1.54, 1.807) is 0 Å². The molecule has 0 bridgehead atoms. The molecule has 2 N–H and O–H groups in total. The van der Waals surface area contributed by atoms with Gasteiger partial charge in [0.2, 0.25) is 0 Å². The summed E-state index contributed by atoms with van der Waals surface area (Å²) < 4.78 is 1.87. The second-order valence-corrected chi connectivity index (χ2v) is 4.95. The Morgan fingerprint density at radius 1 is 1.32 bits per heavy atom. The maximum Gasteiger partial charge on any atom is 0.191 e. The predicted molar refractivity (Wildman–Crippen MR) is 88.7 cm³/mol. The minimum Gasteiger partial charge on any atom is -0.370 e. The Hall–Kier alpha value is -0.790. The van der Waals surface area contributed by atoms with E-state index < -0.39 is 0 Å². The van der Waals surface area contributed by atoms with Crippen LogP contribution in [0.5, 0.6) is 0 Å². The summed E-state index contributed by atoms with van der Waals surface area (Å²) in [6, 6.07) is 0. The number of rotatable bonds is 2. The van der Waals surface area contributed by atoms with Gasteiger partial charge in [0.25, 0.3) is 0 Å². The SMILES string of the molecule is Cc1c(CN=C(N)N2CCCCCC2)cnn1C.I. The Morgan fingerprint density at radius 3 is 2.47 bits per heavy atom. The van der Waals surface area contributed by atoms with Crippen molar-refractivity contribution in [3.8, 4) is 0 Å². The molecule has 2 heterocycles. The lowest BCUT2D eigenvalue weighted by molar-refractivity contribution is 0.428. The molecule has 1 aromatic rings. The van der Waals surface area contributed by atoms with Crippen LogP contribution in [0, 0.1) is 6.92 Å². The lowest BCUT2D eigenvalue weighted by atomic mass is 10.2. The van der Waals surface area contributed by atoms with E-state index in [2.05, 4.69) is 21.9 Å². The third-order valence-electron chi connectivity index (χ3n) is 3.68. The molecule has 1 aliphatic heterocycles. The molecule has 2 rings (SSSR count). The fourth-order valence-corrected chi connectivity index (χ4v) is 2.27. The number of aliphatic imine (C=N–C) groups is 1. The molecule has 1 saturated heterocycles. The summed E-state index contributed by atoms with van der Waals surface area (Å²) in [6.07, 6.45) is 6.94. The molecular formula is C13H24IN5. The van der Waals surface area contributed by atoms with Crippen LogP contribution < -0.4 is 5.73 Å². The second kappa shape index (κ2) is 7.72. The van der Waals surface area contributed by atoms with Gasteiger partial charge in [-0.25, -0.2) is 4.99 Å². The minimum atomic E-state index is 0. The van der Waals surface area contributed by atoms with Crippen LogP contribution >= 0.6 is 24.0 Å². The van der Waals surface area contributed by atoms with Gasteiger partial charge in [-0.05, 0) is 19.8 Å². The number of nitrogens with zero attached hydrogens (tertiary/aromatic N) is 4. The number of guanidine groups is 1. The third kappa shape index (κ3) is 4.36. The molecule has 19 heavy (non-hydrogen) atoms. The normalized spacial score (nSPS) is 16.9. The Balaban J connectivity index is 0.00000180. The van der Waals surface area contributed by atoms with Crippen LogP contribution in [0.2, 0.25) is 0 Å². The summed E-state index contributed by atoms with van der Waals surface area (Å²) in [4.78, 5) is 6.71. The van der Waals surface area contributed by atoms with Gasteiger partial charge in [-0.3, -0.25) is 4.68 Å².